The molecule has 1 atom stereocenters. The maximum absolute atomic E-state index is 11.8. The second kappa shape index (κ2) is 11.2. The van der Waals surface area contributed by atoms with Gasteiger partial charge in [0.05, 0.1) is 6.61 Å². The maximum Gasteiger partial charge on any atom is 0.238 e. The fourth-order valence-electron chi connectivity index (χ4n) is 1.55. The average molecular weight is 283 g/mol. The molecule has 0 fully saturated rings. The molecule has 0 saturated carbocycles. The normalized spacial score (nSPS) is 11.2. The smallest absolute Gasteiger partial charge is 0.238 e. The van der Waals surface area contributed by atoms with Crippen molar-refractivity contribution in [2.45, 2.75) is 26.3 Å². The number of phenols is 1. The van der Waals surface area contributed by atoms with Gasteiger partial charge in [-0.05, 0) is 31.2 Å². The molecule has 0 spiro atoms. The van der Waals surface area contributed by atoms with Crippen molar-refractivity contribution in [3.05, 3.63) is 29.8 Å². The largest absolute Gasteiger partial charge is 0.508 e. The standard InChI is InChI=1S/C12H19N3O3.C2H6/c1-13-15-11(12(18)14-6-7-16)8-9-2-4-10(17)5-3-9;1-2/h2-5,11,13,15-17H,6-8H2,1H3,(H,14,18);1-2H3. The molecular weight excluding hydrogens is 258 g/mol. The minimum atomic E-state index is -0.439. The Kier molecular flexibility index (Phi) is 10.3. The molecule has 0 heterocycles. The third kappa shape index (κ3) is 7.08. The number of hydrazine groups is 1. The van der Waals surface area contributed by atoms with Crippen molar-refractivity contribution >= 4 is 5.91 Å². The summed E-state index contributed by atoms with van der Waals surface area (Å²) in [5, 5.41) is 20.5. The fourth-order valence-corrected chi connectivity index (χ4v) is 1.55. The van der Waals surface area contributed by atoms with Crippen molar-refractivity contribution in [1.82, 2.24) is 16.2 Å². The van der Waals surface area contributed by atoms with Gasteiger partial charge < -0.3 is 15.5 Å². The van der Waals surface area contributed by atoms with Gasteiger partial charge in [0.2, 0.25) is 5.91 Å². The Labute approximate surface area is 120 Å². The van der Waals surface area contributed by atoms with Gasteiger partial charge in [0.25, 0.3) is 0 Å². The highest BCUT2D eigenvalue weighted by atomic mass is 16.3. The number of aliphatic hydroxyl groups is 1. The molecule has 6 heteroatoms. The van der Waals surface area contributed by atoms with Crippen LogP contribution in [0, 0.1) is 0 Å². The zero-order chi connectivity index (χ0) is 15.4. The van der Waals surface area contributed by atoms with E-state index in [2.05, 4.69) is 16.2 Å². The summed E-state index contributed by atoms with van der Waals surface area (Å²) in [6, 6.07) is 6.25. The van der Waals surface area contributed by atoms with E-state index in [4.69, 9.17) is 5.11 Å². The molecule has 114 valence electrons. The molecule has 20 heavy (non-hydrogen) atoms. The van der Waals surface area contributed by atoms with Gasteiger partial charge in [-0.3, -0.25) is 10.2 Å². The minimum absolute atomic E-state index is 0.0861. The van der Waals surface area contributed by atoms with Crippen LogP contribution in [0.2, 0.25) is 0 Å². The summed E-state index contributed by atoms with van der Waals surface area (Å²) in [6.07, 6.45) is 0.485. The topological polar surface area (TPSA) is 93.6 Å². The quantitative estimate of drug-likeness (QED) is 0.460. The van der Waals surface area contributed by atoms with Crippen LogP contribution in [-0.2, 0) is 11.2 Å². The summed E-state index contributed by atoms with van der Waals surface area (Å²) >= 11 is 0. The summed E-state index contributed by atoms with van der Waals surface area (Å²) in [7, 11) is 1.68. The first-order chi connectivity index (χ1) is 9.67. The van der Waals surface area contributed by atoms with Crippen molar-refractivity contribution in [3.63, 3.8) is 0 Å². The van der Waals surface area contributed by atoms with Gasteiger partial charge in [-0.2, -0.15) is 0 Å². The maximum atomic E-state index is 11.8. The number of benzene rings is 1. The lowest BCUT2D eigenvalue weighted by molar-refractivity contribution is -0.123. The third-order valence-electron chi connectivity index (χ3n) is 2.42. The highest BCUT2D eigenvalue weighted by Crippen LogP contribution is 2.11. The van der Waals surface area contributed by atoms with Crippen molar-refractivity contribution in [1.29, 1.82) is 0 Å². The molecule has 1 unspecified atom stereocenters. The molecule has 1 aromatic carbocycles. The van der Waals surface area contributed by atoms with Crippen LogP contribution in [0.15, 0.2) is 24.3 Å². The first-order valence-corrected chi connectivity index (χ1v) is 6.76. The Morgan fingerprint density at radius 3 is 2.35 bits per heavy atom. The van der Waals surface area contributed by atoms with Crippen LogP contribution >= 0.6 is 0 Å². The number of rotatable bonds is 7. The van der Waals surface area contributed by atoms with Gasteiger partial charge in [0.1, 0.15) is 11.8 Å². The van der Waals surface area contributed by atoms with E-state index >= 15 is 0 Å². The van der Waals surface area contributed by atoms with Crippen LogP contribution in [0.4, 0.5) is 0 Å². The van der Waals surface area contributed by atoms with E-state index in [9.17, 15) is 9.90 Å². The van der Waals surface area contributed by atoms with Crippen LogP contribution in [0.3, 0.4) is 0 Å². The predicted molar refractivity (Wildman–Crippen MR) is 79.2 cm³/mol. The van der Waals surface area contributed by atoms with Crippen molar-refractivity contribution < 1.29 is 15.0 Å². The molecule has 0 bridgehead atoms. The number of nitrogens with one attached hydrogen (secondary N) is 3. The molecule has 0 saturated heterocycles. The number of phenolic OH excluding ortho intramolecular Hbond substituents is 1. The lowest BCUT2D eigenvalue weighted by Gasteiger charge is -2.17. The molecule has 0 aliphatic heterocycles. The van der Waals surface area contributed by atoms with Gasteiger partial charge in [0, 0.05) is 6.54 Å². The van der Waals surface area contributed by atoms with Gasteiger partial charge in [-0.15, -0.1) is 0 Å². The van der Waals surface area contributed by atoms with Crippen LogP contribution < -0.4 is 16.2 Å². The van der Waals surface area contributed by atoms with Crippen LogP contribution in [0.1, 0.15) is 19.4 Å². The highest BCUT2D eigenvalue weighted by Gasteiger charge is 2.17. The molecule has 1 aromatic rings. The summed E-state index contributed by atoms with van der Waals surface area (Å²) in [6.45, 7) is 4.15. The number of amides is 1. The number of hydrogen-bond donors (Lipinski definition) is 5. The van der Waals surface area contributed by atoms with Crippen LogP contribution in [0.25, 0.3) is 0 Å². The minimum Gasteiger partial charge on any atom is -0.508 e. The summed E-state index contributed by atoms with van der Waals surface area (Å²) in [5.41, 5.74) is 6.51. The van der Waals surface area contributed by atoms with Gasteiger partial charge in [-0.1, -0.05) is 26.0 Å². The summed E-state index contributed by atoms with van der Waals surface area (Å²) in [5.74, 6) is 0.00748. The van der Waals surface area contributed by atoms with Crippen molar-refractivity contribution in [2.24, 2.45) is 0 Å². The Hall–Kier alpha value is -1.63. The molecular formula is C14H25N3O3. The van der Waals surface area contributed by atoms with E-state index in [0.717, 1.165) is 5.56 Å². The number of aromatic hydroxyl groups is 1. The second-order valence-electron chi connectivity index (χ2n) is 3.83. The van der Waals surface area contributed by atoms with Crippen molar-refractivity contribution in [2.75, 3.05) is 20.2 Å². The predicted octanol–water partition coefficient (Wildman–Crippen LogP) is 0.162. The number of hydrogen-bond acceptors (Lipinski definition) is 5. The Morgan fingerprint density at radius 1 is 1.25 bits per heavy atom. The number of carbonyl (C=O) groups excluding carboxylic acids is 1. The molecule has 5 N–H and O–H groups in total. The molecule has 0 aliphatic carbocycles. The first kappa shape index (κ1) is 18.4. The summed E-state index contributed by atoms with van der Waals surface area (Å²) in [4.78, 5) is 11.8. The van der Waals surface area contributed by atoms with Gasteiger partial charge in [0.15, 0.2) is 0 Å². The van der Waals surface area contributed by atoms with E-state index in [1.54, 1.807) is 31.3 Å². The number of carbonyl (C=O) groups is 1. The van der Waals surface area contributed by atoms with E-state index in [0.29, 0.717) is 6.42 Å². The SMILES string of the molecule is CC.CNNC(Cc1ccc(O)cc1)C(=O)NCCO. The van der Waals surface area contributed by atoms with Gasteiger partial charge in [-0.25, -0.2) is 5.43 Å². The van der Waals surface area contributed by atoms with Gasteiger partial charge >= 0.3 is 0 Å². The number of aliphatic hydroxyl groups excluding tert-OH is 1. The third-order valence-corrected chi connectivity index (χ3v) is 2.42. The van der Waals surface area contributed by atoms with Crippen LogP contribution in [0.5, 0.6) is 5.75 Å². The molecule has 1 amide bonds. The Morgan fingerprint density at radius 2 is 1.85 bits per heavy atom. The Bertz CT molecular complexity index is 368. The molecule has 1 rings (SSSR count). The molecule has 0 aromatic heterocycles. The van der Waals surface area contributed by atoms with Crippen molar-refractivity contribution in [3.8, 4) is 5.75 Å². The summed E-state index contributed by atoms with van der Waals surface area (Å²) < 4.78 is 0. The highest BCUT2D eigenvalue weighted by molar-refractivity contribution is 5.82. The monoisotopic (exact) mass is 283 g/mol. The van der Waals surface area contributed by atoms with Crippen LogP contribution in [-0.4, -0.2) is 42.4 Å². The molecule has 0 radical (unpaired) electrons. The van der Waals surface area contributed by atoms with E-state index in [1.165, 1.54) is 0 Å². The first-order valence-electron chi connectivity index (χ1n) is 6.76. The molecule has 6 nitrogen and oxygen atoms in total. The lowest BCUT2D eigenvalue weighted by Crippen LogP contribution is -2.50. The van der Waals surface area contributed by atoms with E-state index < -0.39 is 6.04 Å². The van der Waals surface area contributed by atoms with E-state index in [1.807, 2.05) is 13.8 Å². The second-order valence-corrected chi connectivity index (χ2v) is 3.83. The fraction of sp³-hybridized carbons (Fsp3) is 0.500. The lowest BCUT2D eigenvalue weighted by atomic mass is 10.1. The molecule has 0 aliphatic rings. The Balaban J connectivity index is 0.00000172. The zero-order valence-corrected chi connectivity index (χ0v) is 12.3. The van der Waals surface area contributed by atoms with E-state index in [-0.39, 0.29) is 24.8 Å². The zero-order valence-electron chi connectivity index (χ0n) is 12.3. The average Bonchev–Trinajstić information content (AvgIpc) is 2.48.